The first-order valence-corrected chi connectivity index (χ1v) is 22.3. The predicted molar refractivity (Wildman–Crippen MR) is 256 cm³/mol. The lowest BCUT2D eigenvalue weighted by Crippen LogP contribution is -2.60. The van der Waals surface area contributed by atoms with E-state index >= 15 is 0 Å². The van der Waals surface area contributed by atoms with Gasteiger partial charge in [0, 0.05) is 44.5 Å². The zero-order valence-electron chi connectivity index (χ0n) is 34.9. The van der Waals surface area contributed by atoms with Gasteiger partial charge in [-0.15, -0.1) is 0 Å². The molecule has 0 saturated carbocycles. The van der Waals surface area contributed by atoms with E-state index in [1.165, 1.54) is 73.4 Å². The van der Waals surface area contributed by atoms with Crippen molar-refractivity contribution in [2.45, 2.75) is 52.4 Å². The van der Waals surface area contributed by atoms with Gasteiger partial charge in [-0.05, 0) is 125 Å². The zero-order valence-corrected chi connectivity index (χ0v) is 34.9. The molecule has 0 saturated heterocycles. The zero-order chi connectivity index (χ0) is 41.1. The van der Waals surface area contributed by atoms with E-state index in [-0.39, 0.29) is 6.85 Å². The topological polar surface area (TPSA) is 39.8 Å². The first kappa shape index (κ1) is 35.6. The number of aromatic nitrogens is 1. The molecule has 2 aromatic heterocycles. The fourth-order valence-corrected chi connectivity index (χ4v) is 10.6. The lowest BCUT2D eigenvalue weighted by atomic mass is 9.43. The second-order valence-corrected chi connectivity index (χ2v) is 17.3. The molecule has 5 heterocycles. The molecule has 0 spiro atoms. The third-order valence-electron chi connectivity index (χ3n) is 13.5. The van der Waals surface area contributed by atoms with E-state index in [1.54, 1.807) is 0 Å². The highest BCUT2D eigenvalue weighted by Gasteiger charge is 2.46. The van der Waals surface area contributed by atoms with Crippen molar-refractivity contribution in [3.63, 3.8) is 0 Å². The van der Waals surface area contributed by atoms with Gasteiger partial charge in [0.25, 0.3) is 0 Å². The maximum atomic E-state index is 7.08. The smallest absolute Gasteiger partial charge is 0.333 e. The minimum Gasteiger partial charge on any atom is -0.454 e. The van der Waals surface area contributed by atoms with E-state index in [0.29, 0.717) is 17.2 Å². The summed E-state index contributed by atoms with van der Waals surface area (Å²) in [5.74, 6) is 2.85. The molecular formula is C56H43BN2O3. The molecule has 10 aromatic rings. The number of aryl methyl sites for hydroxylation is 2. The van der Waals surface area contributed by atoms with Gasteiger partial charge in [-0.2, -0.15) is 0 Å². The molecule has 0 amide bonds. The summed E-state index contributed by atoms with van der Waals surface area (Å²) in [6.07, 6.45) is 6.71. The Labute approximate surface area is 360 Å². The fraction of sp³-hybridized carbons (Fsp3) is 0.143. The van der Waals surface area contributed by atoms with Crippen molar-refractivity contribution < 1.29 is 13.9 Å². The summed E-state index contributed by atoms with van der Waals surface area (Å²) in [6, 6.07) is 55.3. The number of hydrogen-bond donors (Lipinski definition) is 0. The van der Waals surface area contributed by atoms with E-state index in [0.717, 1.165) is 76.0 Å². The molecule has 62 heavy (non-hydrogen) atoms. The van der Waals surface area contributed by atoms with Gasteiger partial charge in [0.15, 0.2) is 28.6 Å². The molecule has 3 aliphatic heterocycles. The summed E-state index contributed by atoms with van der Waals surface area (Å²) in [4.78, 5) is 2.57. The molecule has 0 atom stereocenters. The van der Waals surface area contributed by atoms with Crippen molar-refractivity contribution in [1.82, 2.24) is 4.57 Å². The molecule has 0 N–H and O–H groups in total. The van der Waals surface area contributed by atoms with Crippen LogP contribution in [0.5, 0.6) is 23.0 Å². The van der Waals surface area contributed by atoms with E-state index in [2.05, 4.69) is 151 Å². The van der Waals surface area contributed by atoms with Crippen LogP contribution < -0.4 is 25.2 Å². The molecule has 6 heteroatoms. The Hall–Kier alpha value is -7.18. The molecule has 0 aliphatic carbocycles. The Bertz CT molecular complexity index is 3460. The quantitative estimate of drug-likeness (QED) is 0.144. The fourth-order valence-electron chi connectivity index (χ4n) is 10.6. The Kier molecular flexibility index (Phi) is 7.84. The van der Waals surface area contributed by atoms with Crippen molar-refractivity contribution in [2.24, 2.45) is 0 Å². The van der Waals surface area contributed by atoms with Crippen LogP contribution in [0, 0.1) is 0 Å². The number of fused-ring (bicyclic) bond motifs is 13. The first-order valence-electron chi connectivity index (χ1n) is 22.3. The van der Waals surface area contributed by atoms with Gasteiger partial charge in [-0.25, -0.2) is 0 Å². The Morgan fingerprint density at radius 3 is 2.02 bits per heavy atom. The minimum atomic E-state index is -0.178. The number of furan rings is 1. The van der Waals surface area contributed by atoms with Crippen molar-refractivity contribution in [3.8, 4) is 50.9 Å². The van der Waals surface area contributed by atoms with E-state index in [9.17, 15) is 0 Å². The monoisotopic (exact) mass is 802 g/mol. The van der Waals surface area contributed by atoms with Crippen LogP contribution in [0.4, 0.5) is 11.4 Å². The molecule has 0 bridgehead atoms. The Morgan fingerprint density at radius 1 is 0.532 bits per heavy atom. The van der Waals surface area contributed by atoms with Crippen LogP contribution in [-0.2, 0) is 12.8 Å². The number of ether oxygens (including phenoxy) is 2. The average Bonchev–Trinajstić information content (AvgIpc) is 3.86. The van der Waals surface area contributed by atoms with Gasteiger partial charge < -0.3 is 23.3 Å². The van der Waals surface area contributed by atoms with Gasteiger partial charge in [0.1, 0.15) is 5.58 Å². The molecule has 0 fully saturated rings. The number of nitrogens with zero attached hydrogens (tertiary/aromatic N) is 2. The number of rotatable bonds is 8. The summed E-state index contributed by atoms with van der Waals surface area (Å²) in [5.41, 5.74) is 17.5. The molecule has 0 radical (unpaired) electrons. The normalized spacial score (nSPS) is 13.3. The molecule has 298 valence electrons. The van der Waals surface area contributed by atoms with Crippen molar-refractivity contribution >= 4 is 72.9 Å². The molecule has 0 unspecified atom stereocenters. The summed E-state index contributed by atoms with van der Waals surface area (Å²) >= 11 is 0. The van der Waals surface area contributed by atoms with Crippen LogP contribution in [-0.4, -0.2) is 11.4 Å². The number of unbranched alkanes of at least 4 members (excludes halogenated alkanes) is 2. The lowest BCUT2D eigenvalue weighted by Gasteiger charge is -2.42. The van der Waals surface area contributed by atoms with Crippen LogP contribution in [0.3, 0.4) is 0 Å². The lowest BCUT2D eigenvalue weighted by molar-refractivity contribution is 0.360. The second-order valence-electron chi connectivity index (χ2n) is 17.3. The maximum Gasteiger partial charge on any atom is 0.333 e. The summed E-state index contributed by atoms with van der Waals surface area (Å²) in [5, 5.41) is 4.84. The van der Waals surface area contributed by atoms with Crippen LogP contribution >= 0.6 is 0 Å². The van der Waals surface area contributed by atoms with E-state index < -0.39 is 0 Å². The van der Waals surface area contributed by atoms with E-state index in [4.69, 9.17) is 13.9 Å². The summed E-state index contributed by atoms with van der Waals surface area (Å²) in [7, 11) is 0. The molecule has 13 rings (SSSR count). The van der Waals surface area contributed by atoms with Gasteiger partial charge in [-0.1, -0.05) is 112 Å². The van der Waals surface area contributed by atoms with Crippen LogP contribution in [0.2, 0.25) is 0 Å². The standard InChI is InChI=1S/C56H43BN2O3/c1-3-5-14-34-22-27-46-40(28-34)43-29-35(15-6-4-2)30-45-54(43)58(46)55-53-42(31-44-39-18-10-11-19-48(39)62-56(44)55)41-32-51-52(61-50-21-13-12-20-49(50)60-51)33-47(41)59(57(45)53)38-25-23-37(24-26-38)36-16-8-7-9-17-36/h7-13,16-33H,3-6,14-15H2,1-2H3. The third kappa shape index (κ3) is 5.16. The molecule has 5 nitrogen and oxygen atoms in total. The SMILES string of the molecule is CCCCc1ccc2c(c1)c1cc(CCCC)cc3c1n2-c1c2c(cc4c1oc1ccccc14)-c1cc4c(cc1N(c1ccc(-c5ccccc5)cc1)B23)Oc1ccccc1O4. The molecular weight excluding hydrogens is 759 g/mol. The Balaban J connectivity index is 1.17. The van der Waals surface area contributed by atoms with Crippen LogP contribution in [0.25, 0.3) is 71.7 Å². The highest BCUT2D eigenvalue weighted by atomic mass is 16.6. The predicted octanol–water partition coefficient (Wildman–Crippen LogP) is 14.2. The largest absolute Gasteiger partial charge is 0.454 e. The minimum absolute atomic E-state index is 0.178. The van der Waals surface area contributed by atoms with Crippen molar-refractivity contribution in [1.29, 1.82) is 0 Å². The maximum absolute atomic E-state index is 7.08. The number of para-hydroxylation sites is 3. The average molecular weight is 803 g/mol. The van der Waals surface area contributed by atoms with Crippen LogP contribution in [0.15, 0.2) is 156 Å². The number of anilines is 2. The third-order valence-corrected chi connectivity index (χ3v) is 13.5. The van der Waals surface area contributed by atoms with Gasteiger partial charge in [-0.3, -0.25) is 0 Å². The second kappa shape index (κ2) is 13.7. The highest BCUT2D eigenvalue weighted by Crippen LogP contribution is 2.54. The van der Waals surface area contributed by atoms with E-state index in [1.807, 2.05) is 24.3 Å². The van der Waals surface area contributed by atoms with Crippen LogP contribution in [0.1, 0.15) is 50.7 Å². The first-order chi connectivity index (χ1) is 30.6. The van der Waals surface area contributed by atoms with Gasteiger partial charge in [0.05, 0.1) is 16.7 Å². The van der Waals surface area contributed by atoms with Crippen molar-refractivity contribution in [3.05, 3.63) is 163 Å². The number of benzene rings is 8. The van der Waals surface area contributed by atoms with Gasteiger partial charge in [0.2, 0.25) is 0 Å². The Morgan fingerprint density at radius 2 is 1.23 bits per heavy atom. The highest BCUT2D eigenvalue weighted by molar-refractivity contribution is 6.94. The van der Waals surface area contributed by atoms with Gasteiger partial charge >= 0.3 is 6.85 Å². The van der Waals surface area contributed by atoms with Crippen molar-refractivity contribution in [2.75, 3.05) is 4.81 Å². The molecule has 8 aromatic carbocycles. The summed E-state index contributed by atoms with van der Waals surface area (Å²) in [6.45, 7) is 4.39. The summed E-state index contributed by atoms with van der Waals surface area (Å²) < 4.78 is 23.0. The molecule has 3 aliphatic rings. The number of hydrogen-bond acceptors (Lipinski definition) is 4.